The summed E-state index contributed by atoms with van der Waals surface area (Å²) in [5.41, 5.74) is 2.69. The van der Waals surface area contributed by atoms with Crippen molar-refractivity contribution in [1.82, 2.24) is 9.38 Å². The molecule has 0 bridgehead atoms. The Labute approximate surface area is 117 Å². The Balaban J connectivity index is 1.72. The Morgan fingerprint density at radius 1 is 1.10 bits per heavy atom. The van der Waals surface area contributed by atoms with Crippen LogP contribution in [0.2, 0.25) is 0 Å². The predicted molar refractivity (Wildman–Crippen MR) is 79.4 cm³/mol. The lowest BCUT2D eigenvalue weighted by molar-refractivity contribution is -0.113. The van der Waals surface area contributed by atoms with Crippen LogP contribution in [0.3, 0.4) is 0 Å². The van der Waals surface area contributed by atoms with Crippen molar-refractivity contribution in [2.24, 2.45) is 0 Å². The van der Waals surface area contributed by atoms with Gasteiger partial charge in [0.1, 0.15) is 5.65 Å². The second kappa shape index (κ2) is 5.53. The minimum Gasteiger partial charge on any atom is -0.306 e. The third kappa shape index (κ3) is 2.83. The summed E-state index contributed by atoms with van der Waals surface area (Å²) in [7, 11) is 0. The summed E-state index contributed by atoms with van der Waals surface area (Å²) in [4.78, 5) is 16.3. The summed E-state index contributed by atoms with van der Waals surface area (Å²) in [5.74, 6) is 0.0771. The number of fused-ring (bicyclic) bond motifs is 1. The lowest BCUT2D eigenvalue weighted by atomic mass is 10.1. The maximum absolute atomic E-state index is 11.9. The fourth-order valence-electron chi connectivity index (χ4n) is 2.07. The first-order chi connectivity index (χ1) is 9.81. The molecule has 0 radical (unpaired) electrons. The summed E-state index contributed by atoms with van der Waals surface area (Å²) in [6.07, 6.45) is 7.62. The van der Waals surface area contributed by atoms with Gasteiger partial charge >= 0.3 is 0 Å². The summed E-state index contributed by atoms with van der Waals surface area (Å²) < 4.78 is 1.93. The van der Waals surface area contributed by atoms with Gasteiger partial charge in [0, 0.05) is 18.8 Å². The van der Waals surface area contributed by atoms with Crippen LogP contribution in [0.15, 0.2) is 67.0 Å². The molecule has 98 valence electrons. The number of rotatable bonds is 4. The zero-order valence-corrected chi connectivity index (χ0v) is 10.9. The van der Waals surface area contributed by atoms with Gasteiger partial charge in [0.15, 0.2) is 5.78 Å². The molecule has 1 aromatic carbocycles. The van der Waals surface area contributed by atoms with E-state index in [2.05, 4.69) is 4.98 Å². The highest BCUT2D eigenvalue weighted by atomic mass is 16.1. The fourth-order valence-corrected chi connectivity index (χ4v) is 2.07. The van der Waals surface area contributed by atoms with Crippen molar-refractivity contribution < 1.29 is 4.79 Å². The van der Waals surface area contributed by atoms with Gasteiger partial charge in [-0.15, -0.1) is 0 Å². The normalized spacial score (nSPS) is 11.2. The number of aromatic nitrogens is 2. The van der Waals surface area contributed by atoms with Crippen LogP contribution in [0.25, 0.3) is 11.7 Å². The molecule has 3 rings (SSSR count). The Morgan fingerprint density at radius 3 is 2.70 bits per heavy atom. The van der Waals surface area contributed by atoms with Crippen molar-refractivity contribution in [3.8, 4) is 0 Å². The van der Waals surface area contributed by atoms with Crippen LogP contribution in [0, 0.1) is 0 Å². The first-order valence-corrected chi connectivity index (χ1v) is 6.50. The standard InChI is InChI=1S/C17H14N2O/c20-16(12-14-6-2-1-3-7-14)10-9-15-13-19-11-5-4-8-17(19)18-15/h1-11,13H,12H2/b10-9+. The van der Waals surface area contributed by atoms with Crippen LogP contribution < -0.4 is 0 Å². The third-order valence-electron chi connectivity index (χ3n) is 3.04. The van der Waals surface area contributed by atoms with Gasteiger partial charge in [-0.1, -0.05) is 36.4 Å². The van der Waals surface area contributed by atoms with Crippen molar-refractivity contribution in [3.05, 3.63) is 78.3 Å². The molecule has 0 saturated carbocycles. The number of benzene rings is 1. The van der Waals surface area contributed by atoms with Gasteiger partial charge in [-0.2, -0.15) is 0 Å². The number of hydrogen-bond donors (Lipinski definition) is 0. The van der Waals surface area contributed by atoms with Crippen LogP contribution in [0.1, 0.15) is 11.3 Å². The highest BCUT2D eigenvalue weighted by Crippen LogP contribution is 2.07. The highest BCUT2D eigenvalue weighted by Gasteiger charge is 2.00. The number of nitrogens with zero attached hydrogens (tertiary/aromatic N) is 2. The lowest BCUT2D eigenvalue weighted by Crippen LogP contribution is -1.97. The third-order valence-corrected chi connectivity index (χ3v) is 3.04. The van der Waals surface area contributed by atoms with Crippen molar-refractivity contribution >= 4 is 17.5 Å². The molecule has 0 fully saturated rings. The Hall–Kier alpha value is -2.68. The number of carbonyl (C=O) groups is 1. The van der Waals surface area contributed by atoms with E-state index in [0.29, 0.717) is 6.42 Å². The fraction of sp³-hybridized carbons (Fsp3) is 0.0588. The zero-order chi connectivity index (χ0) is 13.8. The highest BCUT2D eigenvalue weighted by molar-refractivity contribution is 5.94. The first-order valence-electron chi connectivity index (χ1n) is 6.50. The van der Waals surface area contributed by atoms with Crippen LogP contribution in [0.4, 0.5) is 0 Å². The molecule has 0 amide bonds. The molecule has 0 spiro atoms. The number of pyridine rings is 1. The van der Waals surface area contributed by atoms with Crippen molar-refractivity contribution in [3.63, 3.8) is 0 Å². The van der Waals surface area contributed by atoms with E-state index in [0.717, 1.165) is 16.9 Å². The summed E-state index contributed by atoms with van der Waals surface area (Å²) >= 11 is 0. The second-order valence-electron chi connectivity index (χ2n) is 4.59. The molecule has 0 aliphatic rings. The quantitative estimate of drug-likeness (QED) is 0.677. The van der Waals surface area contributed by atoms with Gasteiger partial charge in [0.25, 0.3) is 0 Å². The Bertz CT molecular complexity index is 724. The van der Waals surface area contributed by atoms with Crippen LogP contribution in [-0.4, -0.2) is 15.2 Å². The minimum atomic E-state index is 0.0771. The number of hydrogen-bond acceptors (Lipinski definition) is 2. The van der Waals surface area contributed by atoms with Gasteiger partial charge in [0.2, 0.25) is 0 Å². The van der Waals surface area contributed by atoms with Crippen molar-refractivity contribution in [2.75, 3.05) is 0 Å². The zero-order valence-electron chi connectivity index (χ0n) is 10.9. The molecular weight excluding hydrogens is 248 g/mol. The molecule has 3 nitrogen and oxygen atoms in total. The van der Waals surface area contributed by atoms with Crippen LogP contribution >= 0.6 is 0 Å². The molecule has 2 heterocycles. The lowest BCUT2D eigenvalue weighted by Gasteiger charge is -1.95. The smallest absolute Gasteiger partial charge is 0.160 e. The van der Waals surface area contributed by atoms with Crippen LogP contribution in [0.5, 0.6) is 0 Å². The van der Waals surface area contributed by atoms with E-state index in [1.54, 1.807) is 12.2 Å². The van der Waals surface area contributed by atoms with Gasteiger partial charge < -0.3 is 4.40 Å². The first kappa shape index (κ1) is 12.4. The number of allylic oxidation sites excluding steroid dienone is 1. The number of carbonyl (C=O) groups excluding carboxylic acids is 1. The molecule has 0 unspecified atom stereocenters. The van der Waals surface area contributed by atoms with Gasteiger partial charge in [-0.3, -0.25) is 4.79 Å². The SMILES string of the molecule is O=C(/C=C/c1cn2ccccc2n1)Cc1ccccc1. The minimum absolute atomic E-state index is 0.0771. The van der Waals surface area contributed by atoms with Gasteiger partial charge in [0.05, 0.1) is 5.69 Å². The predicted octanol–water partition coefficient (Wildman–Crippen LogP) is 3.16. The summed E-state index contributed by atoms with van der Waals surface area (Å²) in [6.45, 7) is 0. The summed E-state index contributed by atoms with van der Waals surface area (Å²) in [6, 6.07) is 15.6. The molecule has 3 heteroatoms. The van der Waals surface area contributed by atoms with E-state index in [1.807, 2.05) is 65.3 Å². The molecular formula is C17H14N2O. The summed E-state index contributed by atoms with van der Waals surface area (Å²) in [5, 5.41) is 0. The molecule has 0 N–H and O–H groups in total. The largest absolute Gasteiger partial charge is 0.306 e. The van der Waals surface area contributed by atoms with Crippen molar-refractivity contribution in [2.45, 2.75) is 6.42 Å². The average Bonchev–Trinajstić information content (AvgIpc) is 2.89. The molecule has 0 atom stereocenters. The van der Waals surface area contributed by atoms with E-state index < -0.39 is 0 Å². The molecule has 2 aromatic heterocycles. The number of ketones is 1. The van der Waals surface area contributed by atoms with E-state index in [-0.39, 0.29) is 5.78 Å². The van der Waals surface area contributed by atoms with E-state index in [1.165, 1.54) is 0 Å². The monoisotopic (exact) mass is 262 g/mol. The maximum Gasteiger partial charge on any atom is 0.160 e. The molecule has 3 aromatic rings. The Kier molecular flexibility index (Phi) is 3.42. The molecule has 0 aliphatic heterocycles. The van der Waals surface area contributed by atoms with E-state index >= 15 is 0 Å². The molecule has 0 aliphatic carbocycles. The molecule has 0 saturated heterocycles. The topological polar surface area (TPSA) is 34.4 Å². The molecule has 20 heavy (non-hydrogen) atoms. The van der Waals surface area contributed by atoms with E-state index in [4.69, 9.17) is 0 Å². The van der Waals surface area contributed by atoms with Gasteiger partial charge in [-0.05, 0) is 29.8 Å². The second-order valence-corrected chi connectivity index (χ2v) is 4.59. The Morgan fingerprint density at radius 2 is 1.90 bits per heavy atom. The van der Waals surface area contributed by atoms with Crippen LogP contribution in [-0.2, 0) is 11.2 Å². The van der Waals surface area contributed by atoms with Gasteiger partial charge in [-0.25, -0.2) is 4.98 Å². The number of imidazole rings is 1. The van der Waals surface area contributed by atoms with Crippen molar-refractivity contribution in [1.29, 1.82) is 0 Å². The van der Waals surface area contributed by atoms with E-state index in [9.17, 15) is 4.79 Å². The maximum atomic E-state index is 11.9. The average molecular weight is 262 g/mol.